The highest BCUT2D eigenvalue weighted by molar-refractivity contribution is 6.36. The zero-order valence-corrected chi connectivity index (χ0v) is 20.8. The number of para-hydroxylation sites is 1. The van der Waals surface area contributed by atoms with Crippen LogP contribution >= 0.6 is 11.6 Å². The molecule has 4 aromatic heterocycles. The summed E-state index contributed by atoms with van der Waals surface area (Å²) in [7, 11) is 0. The third kappa shape index (κ3) is 3.89. The predicted octanol–water partition coefficient (Wildman–Crippen LogP) is 4.91. The van der Waals surface area contributed by atoms with Crippen LogP contribution in [0.2, 0.25) is 5.02 Å². The predicted molar refractivity (Wildman–Crippen MR) is 148 cm³/mol. The Morgan fingerprint density at radius 1 is 0.947 bits per heavy atom. The molecule has 9 nitrogen and oxygen atoms in total. The van der Waals surface area contributed by atoms with E-state index in [1.165, 1.54) is 18.6 Å². The smallest absolute Gasteiger partial charge is 0.264 e. The highest BCUT2D eigenvalue weighted by atomic mass is 35.5. The summed E-state index contributed by atoms with van der Waals surface area (Å²) in [5, 5.41) is 5.02. The van der Waals surface area contributed by atoms with Crippen molar-refractivity contribution in [3.8, 4) is 16.9 Å². The largest absolute Gasteiger partial charge is 0.361 e. The van der Waals surface area contributed by atoms with Crippen molar-refractivity contribution >= 4 is 39.2 Å². The lowest BCUT2D eigenvalue weighted by Gasteiger charge is -2.24. The minimum Gasteiger partial charge on any atom is -0.361 e. The number of aromatic nitrogens is 6. The van der Waals surface area contributed by atoms with Gasteiger partial charge in [0.05, 0.1) is 34.0 Å². The maximum Gasteiger partial charge on any atom is 0.264 e. The molecule has 38 heavy (non-hydrogen) atoms. The summed E-state index contributed by atoms with van der Waals surface area (Å²) >= 11 is 7.10. The number of aromatic amines is 1. The van der Waals surface area contributed by atoms with E-state index in [1.807, 2.05) is 55.5 Å². The quantitative estimate of drug-likeness (QED) is 0.331. The summed E-state index contributed by atoms with van der Waals surface area (Å²) in [6, 6.07) is 15.6. The second-order valence-corrected chi connectivity index (χ2v) is 9.03. The number of halogens is 1. The first-order chi connectivity index (χ1) is 18.5. The fourth-order valence-electron chi connectivity index (χ4n) is 4.68. The number of hydrogen-bond acceptors (Lipinski definition) is 7. The van der Waals surface area contributed by atoms with Crippen LogP contribution in [0, 0.1) is 0 Å². The molecule has 186 valence electrons. The van der Waals surface area contributed by atoms with Crippen LogP contribution in [0.1, 0.15) is 18.7 Å². The van der Waals surface area contributed by atoms with Gasteiger partial charge >= 0.3 is 0 Å². The molecule has 2 N–H and O–H groups in total. The van der Waals surface area contributed by atoms with E-state index < -0.39 is 6.04 Å². The Kier molecular flexibility index (Phi) is 5.89. The summed E-state index contributed by atoms with van der Waals surface area (Å²) in [5.74, 6) is 0.334. The first-order valence-corrected chi connectivity index (χ1v) is 12.2. The van der Waals surface area contributed by atoms with Gasteiger partial charge in [-0.25, -0.2) is 9.97 Å². The summed E-state index contributed by atoms with van der Waals surface area (Å²) < 4.78 is 1.59. The third-order valence-electron chi connectivity index (χ3n) is 6.35. The molecule has 0 bridgehead atoms. The molecule has 6 rings (SSSR count). The van der Waals surface area contributed by atoms with Gasteiger partial charge in [0, 0.05) is 41.3 Å². The Hall–Kier alpha value is -4.89. The lowest BCUT2D eigenvalue weighted by Crippen LogP contribution is -2.27. The van der Waals surface area contributed by atoms with E-state index in [9.17, 15) is 9.59 Å². The summed E-state index contributed by atoms with van der Waals surface area (Å²) in [5.41, 5.74) is 2.28. The van der Waals surface area contributed by atoms with Gasteiger partial charge in [0.25, 0.3) is 5.56 Å². The van der Waals surface area contributed by atoms with Gasteiger partial charge in [0.15, 0.2) is 5.43 Å². The van der Waals surface area contributed by atoms with E-state index in [-0.39, 0.29) is 11.0 Å². The minimum atomic E-state index is -0.530. The van der Waals surface area contributed by atoms with Crippen LogP contribution in [0.25, 0.3) is 38.8 Å². The van der Waals surface area contributed by atoms with E-state index in [0.717, 1.165) is 0 Å². The number of anilines is 1. The number of nitrogens with one attached hydrogen (secondary N) is 2. The van der Waals surface area contributed by atoms with Crippen LogP contribution in [0.4, 0.5) is 5.82 Å². The van der Waals surface area contributed by atoms with Crippen molar-refractivity contribution in [3.63, 3.8) is 0 Å². The van der Waals surface area contributed by atoms with Gasteiger partial charge in [-0.1, -0.05) is 48.0 Å². The van der Waals surface area contributed by atoms with E-state index >= 15 is 0 Å². The van der Waals surface area contributed by atoms with Crippen LogP contribution in [-0.2, 0) is 0 Å². The summed E-state index contributed by atoms with van der Waals surface area (Å²) in [6.07, 6.45) is 7.68. The lowest BCUT2D eigenvalue weighted by molar-refractivity contribution is 0.774. The molecule has 0 radical (unpaired) electrons. The lowest BCUT2D eigenvalue weighted by atomic mass is 10.0. The second kappa shape index (κ2) is 9.53. The topological polar surface area (TPSA) is 118 Å². The van der Waals surface area contributed by atoms with Gasteiger partial charge in [-0.15, -0.1) is 0 Å². The molecule has 0 fully saturated rings. The van der Waals surface area contributed by atoms with Crippen LogP contribution in [-0.4, -0.2) is 29.5 Å². The molecule has 0 saturated heterocycles. The molecule has 0 saturated carbocycles. The van der Waals surface area contributed by atoms with Gasteiger partial charge in [-0.05, 0) is 19.1 Å². The number of benzene rings is 2. The van der Waals surface area contributed by atoms with E-state index in [0.29, 0.717) is 55.3 Å². The molecule has 0 aliphatic carbocycles. The average molecular weight is 522 g/mol. The maximum absolute atomic E-state index is 14.3. The van der Waals surface area contributed by atoms with Crippen molar-refractivity contribution in [1.29, 1.82) is 0 Å². The number of hydrogen-bond donors (Lipinski definition) is 2. The van der Waals surface area contributed by atoms with Crippen LogP contribution < -0.4 is 16.3 Å². The maximum atomic E-state index is 14.3. The Morgan fingerprint density at radius 2 is 1.79 bits per heavy atom. The van der Waals surface area contributed by atoms with E-state index in [1.54, 1.807) is 23.2 Å². The Balaban J connectivity index is 1.62. The molecular weight excluding hydrogens is 502 g/mol. The van der Waals surface area contributed by atoms with Gasteiger partial charge in [0.2, 0.25) is 0 Å². The van der Waals surface area contributed by atoms with Crippen LogP contribution in [0.5, 0.6) is 0 Å². The second-order valence-electron chi connectivity index (χ2n) is 8.65. The Labute approximate surface area is 220 Å². The molecule has 0 aliphatic rings. The normalized spacial score (nSPS) is 12.1. The van der Waals surface area contributed by atoms with Gasteiger partial charge < -0.3 is 10.3 Å². The van der Waals surface area contributed by atoms with Crippen molar-refractivity contribution in [3.05, 3.63) is 117 Å². The van der Waals surface area contributed by atoms with Gasteiger partial charge in [0.1, 0.15) is 23.2 Å². The van der Waals surface area contributed by atoms with Gasteiger partial charge in [-0.3, -0.25) is 24.1 Å². The van der Waals surface area contributed by atoms with E-state index in [2.05, 4.69) is 30.2 Å². The number of fused-ring (bicyclic) bond motifs is 2. The first-order valence-electron chi connectivity index (χ1n) is 11.8. The summed E-state index contributed by atoms with van der Waals surface area (Å²) in [6.45, 7) is 1.86. The fourth-order valence-corrected chi connectivity index (χ4v) is 5.09. The molecule has 6 aromatic rings. The molecule has 0 unspecified atom stereocenters. The van der Waals surface area contributed by atoms with Crippen LogP contribution in [0.15, 0.2) is 95.3 Å². The zero-order valence-electron chi connectivity index (χ0n) is 20.1. The molecule has 10 heteroatoms. The number of rotatable bonds is 5. The highest BCUT2D eigenvalue weighted by Gasteiger charge is 2.24. The zero-order chi connectivity index (χ0) is 26.2. The first kappa shape index (κ1) is 23.5. The Morgan fingerprint density at radius 3 is 2.58 bits per heavy atom. The number of pyridine rings is 2. The highest BCUT2D eigenvalue weighted by Crippen LogP contribution is 2.36. The molecular formula is C28H20ClN7O2. The van der Waals surface area contributed by atoms with Crippen molar-refractivity contribution in [2.75, 3.05) is 5.32 Å². The van der Waals surface area contributed by atoms with Crippen molar-refractivity contribution in [2.24, 2.45) is 0 Å². The number of nitrogens with zero attached hydrogens (tertiary/aromatic N) is 5. The average Bonchev–Trinajstić information content (AvgIpc) is 2.95. The fraction of sp³-hybridized carbons (Fsp3) is 0.0714. The minimum absolute atomic E-state index is 0.229. The van der Waals surface area contributed by atoms with Crippen LogP contribution in [0.3, 0.4) is 0 Å². The molecule has 1 atom stereocenters. The SMILES string of the molecule is C[C@H](Nc1ncnc2[nH]ccc(=O)c12)c1c(Cl)c2cccc(-c3cnccn3)c2c(=O)n1-c1ccccc1. The summed E-state index contributed by atoms with van der Waals surface area (Å²) in [4.78, 5) is 46.9. The molecule has 0 spiro atoms. The number of H-pyrrole nitrogens is 1. The van der Waals surface area contributed by atoms with Crippen molar-refractivity contribution in [2.45, 2.75) is 13.0 Å². The van der Waals surface area contributed by atoms with Crippen molar-refractivity contribution in [1.82, 2.24) is 29.5 Å². The molecule has 0 aliphatic heterocycles. The third-order valence-corrected chi connectivity index (χ3v) is 6.75. The molecule has 0 amide bonds. The molecule has 4 heterocycles. The standard InChI is InChI=1S/C28H20ClN7O2/c1-16(35-27-23-21(37)10-11-32-26(23)33-15-34-27)25-24(29)19-9-5-8-18(20-14-30-12-13-31-20)22(19)28(38)36(25)17-6-3-2-4-7-17/h2-16H,1H3,(H2,32,33,34,35,37)/t16-/m0/s1. The monoisotopic (exact) mass is 521 g/mol. The van der Waals surface area contributed by atoms with E-state index in [4.69, 9.17) is 11.6 Å². The molecule has 2 aromatic carbocycles. The Bertz CT molecular complexity index is 1920. The van der Waals surface area contributed by atoms with Gasteiger partial charge in [-0.2, -0.15) is 0 Å². The van der Waals surface area contributed by atoms with Crippen molar-refractivity contribution < 1.29 is 0 Å².